The Bertz CT molecular complexity index is 1410. The van der Waals surface area contributed by atoms with Crippen LogP contribution in [0.1, 0.15) is 46.5 Å². The van der Waals surface area contributed by atoms with Crippen molar-refractivity contribution in [2.45, 2.75) is 70.4 Å². The first-order chi connectivity index (χ1) is 19.8. The Morgan fingerprint density at radius 3 is 2.49 bits per heavy atom. The summed E-state index contributed by atoms with van der Waals surface area (Å²) in [4.78, 5) is 12.2. The smallest absolute Gasteiger partial charge is 0.205 e. The van der Waals surface area contributed by atoms with Crippen molar-refractivity contribution in [1.82, 2.24) is 10.2 Å². The molecular weight excluding hydrogens is 524 g/mol. The maximum absolute atomic E-state index is 6.58. The first kappa shape index (κ1) is 26.8. The van der Waals surface area contributed by atoms with E-state index < -0.39 is 24.0 Å². The van der Waals surface area contributed by atoms with E-state index in [1.54, 1.807) is 14.2 Å². The van der Waals surface area contributed by atoms with Crippen molar-refractivity contribution in [1.29, 1.82) is 0 Å². The maximum Gasteiger partial charge on any atom is 0.205 e. The highest BCUT2D eigenvalue weighted by Crippen LogP contribution is 2.60. The Labute approximate surface area is 240 Å². The fourth-order valence-electron chi connectivity index (χ4n) is 7.47. The minimum Gasteiger partial charge on any atom is -0.497 e. The van der Waals surface area contributed by atoms with E-state index in [0.717, 1.165) is 59.7 Å². The van der Waals surface area contributed by atoms with Gasteiger partial charge in [-0.05, 0) is 80.5 Å². The predicted molar refractivity (Wildman–Crippen MR) is 150 cm³/mol. The molecule has 0 amide bonds. The van der Waals surface area contributed by atoms with Crippen molar-refractivity contribution in [2.75, 3.05) is 14.2 Å². The van der Waals surface area contributed by atoms with Crippen LogP contribution in [0.5, 0.6) is 17.2 Å². The molecule has 41 heavy (non-hydrogen) atoms. The molecule has 5 aliphatic rings. The van der Waals surface area contributed by atoms with Gasteiger partial charge < -0.3 is 23.7 Å². The molecule has 5 heterocycles. The predicted octanol–water partition coefficient (Wildman–Crippen LogP) is 6.35. The quantitative estimate of drug-likeness (QED) is 0.348. The summed E-state index contributed by atoms with van der Waals surface area (Å²) >= 11 is 0. The highest BCUT2D eigenvalue weighted by Gasteiger charge is 2.69. The number of hydrogen-bond acceptors (Lipinski definition) is 8. The summed E-state index contributed by atoms with van der Waals surface area (Å²) in [6.07, 6.45) is 3.00. The standard InChI is InChI=1S/C32H38N2O7/c1-18-6-13-25-19(2)29(38-30-32(25)24(18)14-15-31(3,39-30)40-41-32)37-21-9-7-20(8-10-21)26-17-27(34-33-26)23-12-11-22(35-4)16-28(23)36-5/h7-12,16-19,24-25,29-30H,6,13-15H2,1-5H3,(H,33,34)/t18-,19-,24+,25+,29-,30-,31-,32-/m1/s1. The van der Waals surface area contributed by atoms with Crippen LogP contribution >= 0.6 is 0 Å². The zero-order chi connectivity index (χ0) is 28.4. The number of nitrogens with one attached hydrogen (secondary N) is 1. The second kappa shape index (κ2) is 10.0. The molecule has 218 valence electrons. The molecule has 9 nitrogen and oxygen atoms in total. The van der Waals surface area contributed by atoms with Crippen molar-refractivity contribution in [2.24, 2.45) is 23.7 Å². The molecule has 1 saturated carbocycles. The van der Waals surface area contributed by atoms with Crippen molar-refractivity contribution < 1.29 is 33.5 Å². The number of methoxy groups -OCH3 is 2. The molecule has 2 bridgehead atoms. The van der Waals surface area contributed by atoms with Crippen LogP contribution in [-0.4, -0.2) is 48.4 Å². The summed E-state index contributed by atoms with van der Waals surface area (Å²) in [6, 6.07) is 15.7. The summed E-state index contributed by atoms with van der Waals surface area (Å²) in [7, 11) is 3.28. The summed E-state index contributed by atoms with van der Waals surface area (Å²) in [6.45, 7) is 6.46. The van der Waals surface area contributed by atoms with Crippen LogP contribution in [0, 0.1) is 23.7 Å². The maximum atomic E-state index is 6.58. The van der Waals surface area contributed by atoms with E-state index in [-0.39, 0.29) is 11.8 Å². The van der Waals surface area contributed by atoms with E-state index in [1.807, 2.05) is 55.5 Å². The van der Waals surface area contributed by atoms with Gasteiger partial charge in [-0.1, -0.05) is 13.8 Å². The molecule has 3 aromatic rings. The molecule has 0 unspecified atom stereocenters. The summed E-state index contributed by atoms with van der Waals surface area (Å²) in [5.74, 6) is 2.54. The van der Waals surface area contributed by atoms with Gasteiger partial charge >= 0.3 is 0 Å². The molecule has 1 spiro atoms. The lowest BCUT2D eigenvalue weighted by atomic mass is 9.58. The Balaban J connectivity index is 1.10. The largest absolute Gasteiger partial charge is 0.497 e. The van der Waals surface area contributed by atoms with Gasteiger partial charge in [-0.2, -0.15) is 5.10 Å². The minimum atomic E-state index is -0.803. The van der Waals surface area contributed by atoms with Gasteiger partial charge in [-0.3, -0.25) is 5.10 Å². The van der Waals surface area contributed by atoms with E-state index in [0.29, 0.717) is 17.6 Å². The first-order valence-electron chi connectivity index (χ1n) is 14.6. The number of rotatable bonds is 6. The van der Waals surface area contributed by atoms with Gasteiger partial charge in [0.2, 0.25) is 12.1 Å². The van der Waals surface area contributed by atoms with E-state index in [9.17, 15) is 0 Å². The van der Waals surface area contributed by atoms with Crippen LogP contribution < -0.4 is 14.2 Å². The molecule has 4 saturated heterocycles. The van der Waals surface area contributed by atoms with Crippen molar-refractivity contribution in [3.05, 3.63) is 48.5 Å². The van der Waals surface area contributed by atoms with E-state index in [1.165, 1.54) is 0 Å². The normalized spacial score (nSPS) is 35.8. The molecule has 5 fully saturated rings. The van der Waals surface area contributed by atoms with Crippen LogP contribution in [-0.2, 0) is 19.2 Å². The van der Waals surface area contributed by atoms with E-state index in [2.05, 4.69) is 24.0 Å². The lowest BCUT2D eigenvalue weighted by Gasteiger charge is -2.60. The summed E-state index contributed by atoms with van der Waals surface area (Å²) < 4.78 is 30.4. The van der Waals surface area contributed by atoms with Gasteiger partial charge in [0, 0.05) is 35.4 Å². The second-order valence-electron chi connectivity index (χ2n) is 12.1. The van der Waals surface area contributed by atoms with Crippen LogP contribution in [0.25, 0.3) is 22.5 Å². The third kappa shape index (κ3) is 4.33. The molecule has 1 aromatic heterocycles. The van der Waals surface area contributed by atoms with Gasteiger partial charge in [-0.15, -0.1) is 0 Å². The summed E-state index contributed by atoms with van der Waals surface area (Å²) in [5.41, 5.74) is 2.96. The Hall–Kier alpha value is -3.11. The molecular formula is C32H38N2O7. The zero-order valence-electron chi connectivity index (χ0n) is 24.2. The number of nitrogens with zero attached hydrogens (tertiary/aromatic N) is 1. The van der Waals surface area contributed by atoms with Gasteiger partial charge in [-0.25, -0.2) is 9.78 Å². The number of aromatic nitrogens is 2. The molecule has 9 heteroatoms. The van der Waals surface area contributed by atoms with Crippen molar-refractivity contribution in [3.8, 4) is 39.8 Å². The van der Waals surface area contributed by atoms with Crippen molar-refractivity contribution >= 4 is 0 Å². The highest BCUT2D eigenvalue weighted by molar-refractivity contribution is 5.73. The lowest BCUT2D eigenvalue weighted by Crippen LogP contribution is -2.70. The van der Waals surface area contributed by atoms with E-state index >= 15 is 0 Å². The average Bonchev–Trinajstić information content (AvgIpc) is 3.37. The number of H-pyrrole nitrogens is 1. The minimum absolute atomic E-state index is 0.101. The van der Waals surface area contributed by atoms with Gasteiger partial charge in [0.15, 0.2) is 11.9 Å². The number of hydrogen-bond donors (Lipinski definition) is 1. The number of benzene rings is 2. The number of fused-ring (bicyclic) bond motifs is 2. The first-order valence-corrected chi connectivity index (χ1v) is 14.6. The van der Waals surface area contributed by atoms with Crippen molar-refractivity contribution in [3.63, 3.8) is 0 Å². The number of aromatic amines is 1. The van der Waals surface area contributed by atoms with Gasteiger partial charge in [0.05, 0.1) is 25.6 Å². The van der Waals surface area contributed by atoms with E-state index in [4.69, 9.17) is 33.5 Å². The SMILES string of the molecule is COc1ccc(-c2cc(-c3ccc(O[C@@H]4O[C@@H]5O[C@@]6(C)CC[C@H]7[C@H](C)CC[C@@H]([C@H]4C)[C@@]57OO6)cc3)n[nH]2)c(OC)c1. The van der Waals surface area contributed by atoms with Crippen LogP contribution in [0.2, 0.25) is 0 Å². The Morgan fingerprint density at radius 1 is 0.902 bits per heavy atom. The third-order valence-electron chi connectivity index (χ3n) is 9.78. The van der Waals surface area contributed by atoms with Crippen LogP contribution in [0.15, 0.2) is 48.5 Å². The topological polar surface area (TPSA) is 93.3 Å². The molecule has 8 atom stereocenters. The molecule has 8 rings (SSSR count). The average molecular weight is 563 g/mol. The third-order valence-corrected chi connectivity index (χ3v) is 9.78. The van der Waals surface area contributed by atoms with Gasteiger partial charge in [0.1, 0.15) is 17.2 Å². The molecule has 0 radical (unpaired) electrons. The lowest BCUT2D eigenvalue weighted by molar-refractivity contribution is -0.575. The molecule has 4 aliphatic heterocycles. The fraction of sp³-hybridized carbons (Fsp3) is 0.531. The highest BCUT2D eigenvalue weighted by atomic mass is 17.3. The fourth-order valence-corrected chi connectivity index (χ4v) is 7.47. The van der Waals surface area contributed by atoms with Crippen LogP contribution in [0.3, 0.4) is 0 Å². The number of ether oxygens (including phenoxy) is 5. The second-order valence-corrected chi connectivity index (χ2v) is 12.1. The zero-order valence-corrected chi connectivity index (χ0v) is 24.2. The Kier molecular flexibility index (Phi) is 6.54. The monoisotopic (exact) mass is 562 g/mol. The Morgan fingerprint density at radius 2 is 1.71 bits per heavy atom. The van der Waals surface area contributed by atoms with Gasteiger partial charge in [0.25, 0.3) is 0 Å². The van der Waals surface area contributed by atoms with Crippen LogP contribution in [0.4, 0.5) is 0 Å². The molecule has 1 N–H and O–H groups in total. The summed E-state index contributed by atoms with van der Waals surface area (Å²) in [5, 5.41) is 7.67. The molecule has 2 aromatic carbocycles. The molecule has 1 aliphatic carbocycles.